The summed E-state index contributed by atoms with van der Waals surface area (Å²) in [4.78, 5) is 48.5. The van der Waals surface area contributed by atoms with Gasteiger partial charge >= 0.3 is 11.9 Å². The van der Waals surface area contributed by atoms with Crippen LogP contribution in [0.5, 0.6) is 23.0 Å². The summed E-state index contributed by atoms with van der Waals surface area (Å²) in [5, 5.41) is 19.1. The van der Waals surface area contributed by atoms with Gasteiger partial charge in [0.05, 0.1) is 11.1 Å². The molecular formula is C32H26O11S. The molecule has 0 saturated carbocycles. The number of Topliss-reactive ketones (excluding diaryl/α,β-unsaturated/α-hetero) is 2. The van der Waals surface area contributed by atoms with E-state index in [1.807, 2.05) is 6.92 Å². The maximum Gasteiger partial charge on any atom is 0.336 e. The second-order valence-corrected chi connectivity index (χ2v) is 11.1. The summed E-state index contributed by atoms with van der Waals surface area (Å²) in [5.41, 5.74) is 0.216. The number of carbonyl (C=O) groups excluding carboxylic acids is 2. The lowest BCUT2D eigenvalue weighted by molar-refractivity contribution is 0.0683. The molecule has 11 nitrogen and oxygen atoms in total. The molecule has 44 heavy (non-hydrogen) atoms. The minimum absolute atomic E-state index is 0.0248. The van der Waals surface area contributed by atoms with Crippen molar-refractivity contribution in [1.29, 1.82) is 0 Å². The summed E-state index contributed by atoms with van der Waals surface area (Å²) < 4.78 is 45.5. The minimum Gasteiger partial charge on any atom is -0.478 e. The van der Waals surface area contributed by atoms with E-state index in [9.17, 15) is 42.4 Å². The second-order valence-electron chi connectivity index (χ2n) is 9.68. The molecule has 226 valence electrons. The molecule has 0 atom stereocenters. The molecule has 3 N–H and O–H groups in total. The number of hydrogen-bond acceptors (Lipinski definition) is 8. The van der Waals surface area contributed by atoms with Crippen LogP contribution in [-0.4, -0.2) is 46.7 Å². The van der Waals surface area contributed by atoms with Gasteiger partial charge in [0.2, 0.25) is 0 Å². The number of carbonyl (C=O) groups is 4. The molecule has 0 radical (unpaired) electrons. The Morgan fingerprint density at radius 3 is 1.68 bits per heavy atom. The number of carboxylic acid groups (broad SMARTS) is 2. The molecule has 0 fully saturated rings. The predicted molar refractivity (Wildman–Crippen MR) is 157 cm³/mol. The van der Waals surface area contributed by atoms with Crippen LogP contribution >= 0.6 is 0 Å². The first-order chi connectivity index (χ1) is 20.8. The summed E-state index contributed by atoms with van der Waals surface area (Å²) in [6, 6.07) is 17.9. The van der Waals surface area contributed by atoms with Gasteiger partial charge in [-0.15, -0.1) is 0 Å². The molecule has 0 unspecified atom stereocenters. The van der Waals surface area contributed by atoms with Crippen LogP contribution in [0.25, 0.3) is 0 Å². The number of carboxylic acids is 2. The van der Waals surface area contributed by atoms with Crippen LogP contribution in [0.3, 0.4) is 0 Å². The van der Waals surface area contributed by atoms with E-state index >= 15 is 0 Å². The zero-order valence-corrected chi connectivity index (χ0v) is 24.3. The molecule has 4 aromatic carbocycles. The van der Waals surface area contributed by atoms with Gasteiger partial charge in [-0.05, 0) is 73.2 Å². The number of aryl methyl sites for hydroxylation is 1. The molecule has 0 heterocycles. The van der Waals surface area contributed by atoms with E-state index in [1.54, 1.807) is 31.2 Å². The number of aromatic carboxylic acids is 2. The van der Waals surface area contributed by atoms with Crippen molar-refractivity contribution in [2.24, 2.45) is 0 Å². The fourth-order valence-corrected chi connectivity index (χ4v) is 4.96. The van der Waals surface area contributed by atoms with Crippen molar-refractivity contribution < 1.29 is 51.8 Å². The van der Waals surface area contributed by atoms with Gasteiger partial charge in [0.15, 0.2) is 11.6 Å². The fraction of sp³-hybridized carbons (Fsp3) is 0.125. The van der Waals surface area contributed by atoms with E-state index < -0.39 is 44.9 Å². The molecule has 0 spiro atoms. The van der Waals surface area contributed by atoms with Gasteiger partial charge in [0.1, 0.15) is 27.9 Å². The van der Waals surface area contributed by atoms with Crippen LogP contribution in [-0.2, 0) is 16.5 Å². The first-order valence-electron chi connectivity index (χ1n) is 13.1. The van der Waals surface area contributed by atoms with Crippen LogP contribution < -0.4 is 9.47 Å². The minimum atomic E-state index is -4.78. The summed E-state index contributed by atoms with van der Waals surface area (Å²) in [6.45, 7) is 3.44. The zero-order valence-electron chi connectivity index (χ0n) is 23.4. The molecule has 12 heteroatoms. The third-order valence-corrected chi connectivity index (χ3v) is 7.37. The van der Waals surface area contributed by atoms with Gasteiger partial charge in [0.25, 0.3) is 10.1 Å². The summed E-state index contributed by atoms with van der Waals surface area (Å²) in [5.74, 6) is -3.58. The molecule has 0 aliphatic rings. The van der Waals surface area contributed by atoms with E-state index in [2.05, 4.69) is 0 Å². The number of ketones is 2. The molecule has 0 amide bonds. The Bertz CT molecular complexity index is 1890. The molecular weight excluding hydrogens is 592 g/mol. The van der Waals surface area contributed by atoms with Gasteiger partial charge in [0, 0.05) is 24.0 Å². The van der Waals surface area contributed by atoms with E-state index in [0.29, 0.717) is 5.75 Å². The van der Waals surface area contributed by atoms with Gasteiger partial charge in [-0.3, -0.25) is 14.1 Å². The highest BCUT2D eigenvalue weighted by Crippen LogP contribution is 2.32. The smallest absolute Gasteiger partial charge is 0.336 e. The van der Waals surface area contributed by atoms with Gasteiger partial charge in [-0.25, -0.2) is 9.59 Å². The Morgan fingerprint density at radius 2 is 1.18 bits per heavy atom. The highest BCUT2D eigenvalue weighted by molar-refractivity contribution is 7.86. The number of benzene rings is 4. The standard InChI is InChI=1S/C32H26O11S/c1-3-27(33)25-16-21(9-11-23(25)31(35)36)42-22-10-12-24(32(37)38)26(17-22)28(34)14-19-6-13-29(30(15-19)44(39,40)41)43-20-7-4-18(2)5-8-20/h4-13,15-17H,3,14H2,1-2H3,(H,35,36)(H,37,38)(H,39,40,41). The Kier molecular flexibility index (Phi) is 9.26. The summed E-state index contributed by atoms with van der Waals surface area (Å²) in [6.07, 6.45) is -0.395. The van der Waals surface area contributed by atoms with Crippen molar-refractivity contribution in [2.45, 2.75) is 31.6 Å². The molecule has 0 aliphatic heterocycles. The van der Waals surface area contributed by atoms with Gasteiger partial charge < -0.3 is 19.7 Å². The van der Waals surface area contributed by atoms with Crippen LogP contribution in [0, 0.1) is 6.92 Å². The van der Waals surface area contributed by atoms with Crippen LogP contribution in [0.15, 0.2) is 83.8 Å². The van der Waals surface area contributed by atoms with Crippen LogP contribution in [0.1, 0.15) is 65.9 Å². The molecule has 0 saturated heterocycles. The zero-order chi connectivity index (χ0) is 32.2. The average molecular weight is 619 g/mol. The maximum atomic E-state index is 13.3. The van der Waals surface area contributed by atoms with Crippen molar-refractivity contribution in [2.75, 3.05) is 0 Å². The Labute approximate surface area is 252 Å². The Balaban J connectivity index is 1.65. The molecule has 0 aliphatic carbocycles. The van der Waals surface area contributed by atoms with Crippen LogP contribution in [0.4, 0.5) is 0 Å². The number of hydrogen-bond donors (Lipinski definition) is 3. The Morgan fingerprint density at radius 1 is 0.659 bits per heavy atom. The highest BCUT2D eigenvalue weighted by Gasteiger charge is 2.23. The van der Waals surface area contributed by atoms with Crippen molar-refractivity contribution >= 4 is 33.6 Å². The second kappa shape index (κ2) is 12.9. The van der Waals surface area contributed by atoms with Crippen LogP contribution in [0.2, 0.25) is 0 Å². The SMILES string of the molecule is CCC(=O)c1cc(Oc2ccc(C(=O)O)c(C(=O)Cc3ccc(Oc4ccc(C)cc4)c(S(=O)(=O)O)c3)c2)ccc1C(=O)O. The maximum absolute atomic E-state index is 13.3. The predicted octanol–water partition coefficient (Wildman–Crippen LogP) is 6.24. The van der Waals surface area contributed by atoms with Gasteiger partial charge in [-0.2, -0.15) is 8.42 Å². The van der Waals surface area contributed by atoms with Crippen molar-refractivity contribution in [3.05, 3.63) is 112 Å². The third-order valence-electron chi connectivity index (χ3n) is 6.50. The molecule has 4 aromatic rings. The average Bonchev–Trinajstić information content (AvgIpc) is 2.97. The largest absolute Gasteiger partial charge is 0.478 e. The van der Waals surface area contributed by atoms with E-state index in [-0.39, 0.29) is 51.5 Å². The lowest BCUT2D eigenvalue weighted by Gasteiger charge is -2.13. The molecule has 0 aromatic heterocycles. The number of rotatable bonds is 12. The van der Waals surface area contributed by atoms with E-state index in [4.69, 9.17) is 9.47 Å². The fourth-order valence-electron chi connectivity index (χ4n) is 4.30. The molecule has 4 rings (SSSR count). The van der Waals surface area contributed by atoms with E-state index in [1.165, 1.54) is 42.5 Å². The highest BCUT2D eigenvalue weighted by atomic mass is 32.2. The molecule has 0 bridgehead atoms. The lowest BCUT2D eigenvalue weighted by Crippen LogP contribution is -2.12. The monoisotopic (exact) mass is 618 g/mol. The van der Waals surface area contributed by atoms with E-state index in [0.717, 1.165) is 17.7 Å². The first kappa shape index (κ1) is 31.6. The first-order valence-corrected chi connectivity index (χ1v) is 14.5. The van der Waals surface area contributed by atoms with Crippen molar-refractivity contribution in [1.82, 2.24) is 0 Å². The lowest BCUT2D eigenvalue weighted by atomic mass is 9.98. The van der Waals surface area contributed by atoms with Gasteiger partial charge in [-0.1, -0.05) is 30.7 Å². The normalized spacial score (nSPS) is 11.1. The summed E-state index contributed by atoms with van der Waals surface area (Å²) >= 11 is 0. The van der Waals surface area contributed by atoms with Crippen molar-refractivity contribution in [3.8, 4) is 23.0 Å². The number of ether oxygens (including phenoxy) is 2. The Hall–Kier alpha value is -5.33. The quantitative estimate of drug-likeness (QED) is 0.121. The van der Waals surface area contributed by atoms with Crippen molar-refractivity contribution in [3.63, 3.8) is 0 Å². The third kappa shape index (κ3) is 7.35. The topological polar surface area (TPSA) is 182 Å². The summed E-state index contributed by atoms with van der Waals surface area (Å²) in [7, 11) is -4.78.